The lowest BCUT2D eigenvalue weighted by molar-refractivity contribution is -0.152. The molecule has 1 amide bonds. The van der Waals surface area contributed by atoms with Crippen LogP contribution in [0.3, 0.4) is 0 Å². The number of ether oxygens (including phenoxy) is 1. The molecule has 146 valence electrons. The van der Waals surface area contributed by atoms with Crippen molar-refractivity contribution in [3.8, 4) is 0 Å². The first-order chi connectivity index (χ1) is 12.8. The second kappa shape index (κ2) is 7.51. The highest BCUT2D eigenvalue weighted by molar-refractivity contribution is 5.95. The Bertz CT molecular complexity index is 944. The number of rotatable bonds is 4. The number of aryl methyl sites for hydroxylation is 2. The molecule has 1 aliphatic rings. The standard InChI is InChI=1S/C17H21N3O7/c1-8-5-10(9(2)27-8)16(24)18-11-7-26-12(15(23)14(11)22)6-20-4-3-13(21)19-17(20)25/h3-5,11-12,14-15,22-23H,6-7H2,1-2H3,(H,18,24)(H,19,21,25)/t11-,12-,14+,15-/m1/s1. The minimum absolute atomic E-state index is 0.0530. The normalized spacial score (nSPS) is 25.3. The van der Waals surface area contributed by atoms with Crippen LogP contribution in [-0.2, 0) is 11.3 Å². The fourth-order valence-corrected chi connectivity index (χ4v) is 3.05. The van der Waals surface area contributed by atoms with E-state index in [1.165, 1.54) is 16.8 Å². The zero-order chi connectivity index (χ0) is 19.7. The molecule has 4 atom stereocenters. The van der Waals surface area contributed by atoms with Crippen molar-refractivity contribution in [2.75, 3.05) is 6.61 Å². The van der Waals surface area contributed by atoms with E-state index in [2.05, 4.69) is 10.3 Å². The summed E-state index contributed by atoms with van der Waals surface area (Å²) in [5.74, 6) is 0.594. The summed E-state index contributed by atoms with van der Waals surface area (Å²) in [6.45, 7) is 3.26. The van der Waals surface area contributed by atoms with Gasteiger partial charge in [-0.1, -0.05) is 0 Å². The lowest BCUT2D eigenvalue weighted by Crippen LogP contribution is -2.60. The number of aliphatic hydroxyl groups is 2. The highest BCUT2D eigenvalue weighted by Gasteiger charge is 2.39. The molecule has 0 aromatic carbocycles. The van der Waals surface area contributed by atoms with E-state index in [1.807, 2.05) is 0 Å². The number of carbonyl (C=O) groups excluding carboxylic acids is 1. The van der Waals surface area contributed by atoms with Gasteiger partial charge in [0, 0.05) is 12.3 Å². The molecular formula is C17H21N3O7. The second-order valence-electron chi connectivity index (χ2n) is 6.52. The summed E-state index contributed by atoms with van der Waals surface area (Å²) < 4.78 is 12.0. The maximum atomic E-state index is 12.3. The fraction of sp³-hybridized carbons (Fsp3) is 0.471. The average molecular weight is 379 g/mol. The molecule has 3 rings (SSSR count). The Balaban J connectivity index is 1.66. The summed E-state index contributed by atoms with van der Waals surface area (Å²) in [6, 6.07) is 1.93. The monoisotopic (exact) mass is 379 g/mol. The molecule has 0 unspecified atom stereocenters. The third kappa shape index (κ3) is 4.02. The first-order valence-electron chi connectivity index (χ1n) is 8.41. The minimum atomic E-state index is -1.34. The molecule has 0 spiro atoms. The number of amides is 1. The van der Waals surface area contributed by atoms with Crippen molar-refractivity contribution < 1.29 is 24.2 Å². The summed E-state index contributed by atoms with van der Waals surface area (Å²) in [7, 11) is 0. The third-order valence-electron chi connectivity index (χ3n) is 4.51. The molecule has 1 fully saturated rings. The topological polar surface area (TPSA) is 147 Å². The maximum Gasteiger partial charge on any atom is 0.328 e. The number of carbonyl (C=O) groups is 1. The van der Waals surface area contributed by atoms with E-state index in [0.29, 0.717) is 17.1 Å². The van der Waals surface area contributed by atoms with Crippen molar-refractivity contribution >= 4 is 5.91 Å². The Labute approximate surface area is 153 Å². The number of hydrogen-bond donors (Lipinski definition) is 4. The predicted octanol–water partition coefficient (Wildman–Crippen LogP) is -1.33. The number of H-pyrrole nitrogens is 1. The zero-order valence-corrected chi connectivity index (χ0v) is 14.8. The number of aliphatic hydroxyl groups excluding tert-OH is 2. The van der Waals surface area contributed by atoms with Gasteiger partial charge in [-0.05, 0) is 19.9 Å². The highest BCUT2D eigenvalue weighted by Crippen LogP contribution is 2.19. The van der Waals surface area contributed by atoms with Crippen molar-refractivity contribution in [3.63, 3.8) is 0 Å². The fourth-order valence-electron chi connectivity index (χ4n) is 3.05. The van der Waals surface area contributed by atoms with Crippen LogP contribution in [0.15, 0.2) is 32.3 Å². The number of aromatic amines is 1. The van der Waals surface area contributed by atoms with Crippen molar-refractivity contribution in [2.45, 2.75) is 44.7 Å². The van der Waals surface area contributed by atoms with Crippen LogP contribution >= 0.6 is 0 Å². The number of nitrogens with one attached hydrogen (secondary N) is 2. The molecule has 1 saturated heterocycles. The molecular weight excluding hydrogens is 358 g/mol. The Morgan fingerprint density at radius 1 is 1.33 bits per heavy atom. The van der Waals surface area contributed by atoms with Gasteiger partial charge in [0.1, 0.15) is 29.8 Å². The van der Waals surface area contributed by atoms with Crippen LogP contribution in [0, 0.1) is 13.8 Å². The first-order valence-corrected chi connectivity index (χ1v) is 8.41. The molecule has 2 aromatic heterocycles. The van der Waals surface area contributed by atoms with Gasteiger partial charge in [0.15, 0.2) is 0 Å². The van der Waals surface area contributed by atoms with Crippen LogP contribution in [0.1, 0.15) is 21.9 Å². The molecule has 0 bridgehead atoms. The van der Waals surface area contributed by atoms with Gasteiger partial charge < -0.3 is 24.7 Å². The number of furan rings is 1. The smallest absolute Gasteiger partial charge is 0.328 e. The van der Waals surface area contributed by atoms with Crippen LogP contribution in [0.25, 0.3) is 0 Å². The summed E-state index contributed by atoms with van der Waals surface area (Å²) >= 11 is 0. The van der Waals surface area contributed by atoms with Crippen molar-refractivity contribution in [2.24, 2.45) is 0 Å². The quantitative estimate of drug-likeness (QED) is 0.514. The van der Waals surface area contributed by atoms with Gasteiger partial charge in [-0.3, -0.25) is 19.1 Å². The summed E-state index contributed by atoms with van der Waals surface area (Å²) in [5, 5.41) is 23.3. The lowest BCUT2D eigenvalue weighted by atomic mass is 9.97. The summed E-state index contributed by atoms with van der Waals surface area (Å²) in [5.41, 5.74) is -0.834. The average Bonchev–Trinajstić information content (AvgIpc) is 2.95. The lowest BCUT2D eigenvalue weighted by Gasteiger charge is -2.38. The van der Waals surface area contributed by atoms with Crippen LogP contribution in [-0.4, -0.2) is 56.6 Å². The van der Waals surface area contributed by atoms with Gasteiger partial charge >= 0.3 is 5.69 Å². The molecule has 2 aromatic rings. The van der Waals surface area contributed by atoms with E-state index in [0.717, 1.165) is 0 Å². The van der Waals surface area contributed by atoms with Gasteiger partial charge in [0.05, 0.1) is 24.8 Å². The van der Waals surface area contributed by atoms with Crippen LogP contribution in [0.5, 0.6) is 0 Å². The predicted molar refractivity (Wildman–Crippen MR) is 92.5 cm³/mol. The SMILES string of the molecule is Cc1cc(C(=O)N[C@@H]2CO[C@H](Cn3ccc(=O)[nH]c3=O)[C@@H](O)[C@H]2O)c(C)o1. The Morgan fingerprint density at radius 2 is 2.07 bits per heavy atom. The van der Waals surface area contributed by atoms with E-state index >= 15 is 0 Å². The maximum absolute atomic E-state index is 12.3. The summed E-state index contributed by atoms with van der Waals surface area (Å²) in [4.78, 5) is 37.3. The molecule has 27 heavy (non-hydrogen) atoms. The van der Waals surface area contributed by atoms with Crippen LogP contribution in [0.2, 0.25) is 0 Å². The Kier molecular flexibility index (Phi) is 5.31. The highest BCUT2D eigenvalue weighted by atomic mass is 16.5. The molecule has 0 radical (unpaired) electrons. The van der Waals surface area contributed by atoms with Crippen LogP contribution in [0.4, 0.5) is 0 Å². The minimum Gasteiger partial charge on any atom is -0.466 e. The van der Waals surface area contributed by atoms with Gasteiger partial charge in [-0.2, -0.15) is 0 Å². The Morgan fingerprint density at radius 3 is 2.70 bits per heavy atom. The van der Waals surface area contributed by atoms with E-state index in [-0.39, 0.29) is 13.2 Å². The van der Waals surface area contributed by atoms with Gasteiger partial charge in [-0.25, -0.2) is 4.79 Å². The van der Waals surface area contributed by atoms with Gasteiger partial charge in [0.2, 0.25) is 0 Å². The molecule has 10 nitrogen and oxygen atoms in total. The van der Waals surface area contributed by atoms with Crippen LogP contribution < -0.4 is 16.6 Å². The Hall–Kier alpha value is -2.69. The molecule has 0 saturated carbocycles. The third-order valence-corrected chi connectivity index (χ3v) is 4.51. The number of hydrogen-bond acceptors (Lipinski definition) is 7. The van der Waals surface area contributed by atoms with E-state index in [4.69, 9.17) is 9.15 Å². The number of aromatic nitrogens is 2. The zero-order valence-electron chi connectivity index (χ0n) is 14.8. The molecule has 1 aliphatic heterocycles. The molecule has 4 N–H and O–H groups in total. The van der Waals surface area contributed by atoms with Gasteiger partial charge in [0.25, 0.3) is 11.5 Å². The van der Waals surface area contributed by atoms with E-state index in [1.54, 1.807) is 19.9 Å². The van der Waals surface area contributed by atoms with Gasteiger partial charge in [-0.15, -0.1) is 0 Å². The van der Waals surface area contributed by atoms with E-state index in [9.17, 15) is 24.6 Å². The van der Waals surface area contributed by atoms with Crippen molar-refractivity contribution in [3.05, 3.63) is 56.3 Å². The van der Waals surface area contributed by atoms with Crippen molar-refractivity contribution in [1.82, 2.24) is 14.9 Å². The number of nitrogens with zero attached hydrogens (tertiary/aromatic N) is 1. The van der Waals surface area contributed by atoms with Crippen molar-refractivity contribution in [1.29, 1.82) is 0 Å². The molecule has 0 aliphatic carbocycles. The first kappa shape index (κ1) is 19.1. The summed E-state index contributed by atoms with van der Waals surface area (Å²) in [6.07, 6.45) is -2.23. The largest absolute Gasteiger partial charge is 0.466 e. The second-order valence-corrected chi connectivity index (χ2v) is 6.52. The molecule has 10 heteroatoms. The van der Waals surface area contributed by atoms with E-state index < -0.39 is 41.5 Å². The molecule has 3 heterocycles.